The zero-order valence-corrected chi connectivity index (χ0v) is 15.7. The molecule has 2 heterocycles. The van der Waals surface area contributed by atoms with Crippen LogP contribution in [-0.4, -0.2) is 48.3 Å². The molecule has 3 rings (SSSR count). The van der Waals surface area contributed by atoms with Gasteiger partial charge in [-0.1, -0.05) is 24.6 Å². The first kappa shape index (κ1) is 19.4. The highest BCUT2D eigenvalue weighted by molar-refractivity contribution is 6.32. The number of anilines is 1. The molecule has 27 heavy (non-hydrogen) atoms. The number of hydrogen-bond donors (Lipinski definition) is 1. The van der Waals surface area contributed by atoms with Gasteiger partial charge in [0.2, 0.25) is 0 Å². The number of halogens is 2. The van der Waals surface area contributed by atoms with Crippen molar-refractivity contribution < 1.29 is 18.7 Å². The molecule has 8 heteroatoms. The minimum atomic E-state index is -0.429. The topological polar surface area (TPSA) is 63.7 Å². The van der Waals surface area contributed by atoms with Gasteiger partial charge in [-0.25, -0.2) is 14.2 Å². The van der Waals surface area contributed by atoms with E-state index in [4.69, 9.17) is 21.1 Å². The van der Waals surface area contributed by atoms with Crippen LogP contribution < -0.4 is 10.1 Å². The molecule has 1 saturated heterocycles. The second-order valence-corrected chi connectivity index (χ2v) is 6.53. The summed E-state index contributed by atoms with van der Waals surface area (Å²) in [6.07, 6.45) is 0.460. The molecule has 0 radical (unpaired) electrons. The van der Waals surface area contributed by atoms with Gasteiger partial charge < -0.3 is 14.4 Å². The van der Waals surface area contributed by atoms with Crippen molar-refractivity contribution >= 4 is 23.4 Å². The summed E-state index contributed by atoms with van der Waals surface area (Å²) in [6, 6.07) is 9.21. The predicted octanol–water partition coefficient (Wildman–Crippen LogP) is 3.75. The van der Waals surface area contributed by atoms with Crippen LogP contribution in [-0.2, 0) is 11.2 Å². The van der Waals surface area contributed by atoms with Gasteiger partial charge >= 0.3 is 6.03 Å². The summed E-state index contributed by atoms with van der Waals surface area (Å²) in [5, 5.41) is 3.13. The van der Waals surface area contributed by atoms with Crippen molar-refractivity contribution in [2.75, 3.05) is 31.6 Å². The number of nitrogens with one attached hydrogen (secondary N) is 1. The van der Waals surface area contributed by atoms with E-state index >= 15 is 0 Å². The van der Waals surface area contributed by atoms with E-state index < -0.39 is 5.82 Å². The summed E-state index contributed by atoms with van der Waals surface area (Å²) in [7, 11) is 0. The van der Waals surface area contributed by atoms with Gasteiger partial charge in [0, 0.05) is 18.3 Å². The number of carbonyl (C=O) groups is 1. The zero-order chi connectivity index (χ0) is 19.2. The highest BCUT2D eigenvalue weighted by Crippen LogP contribution is 2.25. The van der Waals surface area contributed by atoms with Gasteiger partial charge in [-0.2, -0.15) is 0 Å². The molecule has 0 spiro atoms. The van der Waals surface area contributed by atoms with Crippen LogP contribution in [0.25, 0.3) is 0 Å². The van der Waals surface area contributed by atoms with Crippen molar-refractivity contribution in [3.8, 4) is 5.75 Å². The van der Waals surface area contributed by atoms with Crippen molar-refractivity contribution in [2.45, 2.75) is 19.4 Å². The van der Waals surface area contributed by atoms with Gasteiger partial charge in [-0.3, -0.25) is 5.32 Å². The van der Waals surface area contributed by atoms with Crippen molar-refractivity contribution in [3.63, 3.8) is 0 Å². The number of pyridine rings is 1. The van der Waals surface area contributed by atoms with Crippen LogP contribution in [0.1, 0.15) is 12.6 Å². The zero-order valence-electron chi connectivity index (χ0n) is 15.0. The lowest BCUT2D eigenvalue weighted by atomic mass is 10.3. The molecule has 2 amide bonds. The summed E-state index contributed by atoms with van der Waals surface area (Å²) >= 11 is 5.99. The molecular formula is C19H21ClFN3O3. The van der Waals surface area contributed by atoms with E-state index in [1.807, 2.05) is 19.1 Å². The van der Waals surface area contributed by atoms with Crippen LogP contribution in [0, 0.1) is 5.82 Å². The van der Waals surface area contributed by atoms with E-state index in [-0.39, 0.29) is 24.5 Å². The van der Waals surface area contributed by atoms with Gasteiger partial charge in [-0.15, -0.1) is 0 Å². The molecule has 1 N–H and O–H groups in total. The highest BCUT2D eigenvalue weighted by Gasteiger charge is 2.25. The standard InChI is InChI=1S/C19H21ClFN3O3/c1-2-14-4-3-5-18(22-14)23-19(25)24-8-9-26-15(11-24)12-27-17-10-13(21)6-7-16(17)20/h3-7,10,15H,2,8-9,11-12H2,1H3,(H,22,23,25). The van der Waals surface area contributed by atoms with Crippen LogP contribution >= 0.6 is 11.6 Å². The van der Waals surface area contributed by atoms with Crippen molar-refractivity contribution in [1.82, 2.24) is 9.88 Å². The Kier molecular flexibility index (Phi) is 6.47. The first-order valence-corrected chi connectivity index (χ1v) is 9.14. The Balaban J connectivity index is 1.55. The van der Waals surface area contributed by atoms with E-state index in [1.165, 1.54) is 18.2 Å². The third kappa shape index (κ3) is 5.30. The second kappa shape index (κ2) is 9.01. The minimum absolute atomic E-state index is 0.163. The number of amides is 2. The van der Waals surface area contributed by atoms with E-state index in [0.717, 1.165) is 12.1 Å². The largest absolute Gasteiger partial charge is 0.489 e. The molecule has 1 aromatic carbocycles. The molecular weight excluding hydrogens is 373 g/mol. The number of rotatable bonds is 5. The third-order valence-electron chi connectivity index (χ3n) is 4.15. The van der Waals surface area contributed by atoms with Crippen molar-refractivity contribution in [2.24, 2.45) is 0 Å². The Bertz CT molecular complexity index is 806. The first-order valence-electron chi connectivity index (χ1n) is 8.76. The maximum absolute atomic E-state index is 13.3. The smallest absolute Gasteiger partial charge is 0.323 e. The Morgan fingerprint density at radius 1 is 1.44 bits per heavy atom. The molecule has 1 unspecified atom stereocenters. The maximum Gasteiger partial charge on any atom is 0.323 e. The Morgan fingerprint density at radius 2 is 2.30 bits per heavy atom. The normalized spacial score (nSPS) is 16.9. The molecule has 1 atom stereocenters. The average Bonchev–Trinajstić information content (AvgIpc) is 2.69. The van der Waals surface area contributed by atoms with E-state index in [1.54, 1.807) is 11.0 Å². The molecule has 1 aliphatic heterocycles. The fraction of sp³-hybridized carbons (Fsp3) is 0.368. The van der Waals surface area contributed by atoms with Gasteiger partial charge in [0.25, 0.3) is 0 Å². The lowest BCUT2D eigenvalue weighted by Gasteiger charge is -2.32. The molecule has 144 valence electrons. The monoisotopic (exact) mass is 393 g/mol. The lowest BCUT2D eigenvalue weighted by Crippen LogP contribution is -2.49. The van der Waals surface area contributed by atoms with E-state index in [9.17, 15) is 9.18 Å². The number of nitrogens with zero attached hydrogens (tertiary/aromatic N) is 2. The molecule has 1 fully saturated rings. The van der Waals surface area contributed by atoms with Crippen molar-refractivity contribution in [3.05, 3.63) is 52.9 Å². The molecule has 6 nitrogen and oxygen atoms in total. The van der Waals surface area contributed by atoms with Gasteiger partial charge in [0.1, 0.15) is 30.1 Å². The Labute approximate surface area is 162 Å². The number of morpholine rings is 1. The second-order valence-electron chi connectivity index (χ2n) is 6.12. The van der Waals surface area contributed by atoms with Crippen LogP contribution in [0.5, 0.6) is 5.75 Å². The number of urea groups is 1. The highest BCUT2D eigenvalue weighted by atomic mass is 35.5. The lowest BCUT2D eigenvalue weighted by molar-refractivity contribution is -0.0337. The number of ether oxygens (including phenoxy) is 2. The van der Waals surface area contributed by atoms with Crippen LogP contribution in [0.2, 0.25) is 5.02 Å². The number of aromatic nitrogens is 1. The molecule has 0 saturated carbocycles. The molecule has 1 aliphatic rings. The SMILES string of the molecule is CCc1cccc(NC(=O)N2CCOC(COc3cc(F)ccc3Cl)C2)n1. The quantitative estimate of drug-likeness (QED) is 0.840. The summed E-state index contributed by atoms with van der Waals surface area (Å²) in [4.78, 5) is 18.5. The number of hydrogen-bond acceptors (Lipinski definition) is 4. The van der Waals surface area contributed by atoms with Gasteiger partial charge in [0.05, 0.1) is 18.2 Å². The average molecular weight is 394 g/mol. The van der Waals surface area contributed by atoms with Crippen LogP contribution in [0.15, 0.2) is 36.4 Å². The van der Waals surface area contributed by atoms with Gasteiger partial charge in [-0.05, 0) is 30.7 Å². The fourth-order valence-electron chi connectivity index (χ4n) is 2.71. The molecule has 1 aromatic heterocycles. The Hall–Kier alpha value is -2.38. The fourth-order valence-corrected chi connectivity index (χ4v) is 2.88. The predicted molar refractivity (Wildman–Crippen MR) is 101 cm³/mol. The molecule has 0 aliphatic carbocycles. The summed E-state index contributed by atoms with van der Waals surface area (Å²) < 4.78 is 24.5. The van der Waals surface area contributed by atoms with Crippen LogP contribution in [0.4, 0.5) is 15.0 Å². The summed E-state index contributed by atoms with van der Waals surface area (Å²) in [6.45, 7) is 3.38. The van der Waals surface area contributed by atoms with Gasteiger partial charge in [0.15, 0.2) is 0 Å². The maximum atomic E-state index is 13.3. The third-order valence-corrected chi connectivity index (χ3v) is 4.46. The van der Waals surface area contributed by atoms with E-state index in [0.29, 0.717) is 30.5 Å². The number of aryl methyl sites for hydroxylation is 1. The van der Waals surface area contributed by atoms with Crippen LogP contribution in [0.3, 0.4) is 0 Å². The summed E-state index contributed by atoms with van der Waals surface area (Å²) in [5.74, 6) is 0.342. The summed E-state index contributed by atoms with van der Waals surface area (Å²) in [5.41, 5.74) is 0.910. The number of benzene rings is 1. The minimum Gasteiger partial charge on any atom is -0.489 e. The number of carbonyl (C=O) groups excluding carboxylic acids is 1. The molecule has 2 aromatic rings. The van der Waals surface area contributed by atoms with Crippen molar-refractivity contribution in [1.29, 1.82) is 0 Å². The Morgan fingerprint density at radius 3 is 3.11 bits per heavy atom. The first-order chi connectivity index (χ1) is 13.0. The molecule has 0 bridgehead atoms. The van der Waals surface area contributed by atoms with E-state index in [2.05, 4.69) is 10.3 Å².